The fraction of sp³-hybridized carbons (Fsp3) is 1.00. The molecule has 53 valence electrons. The quantitative estimate of drug-likeness (QED) is 0.434. The van der Waals surface area contributed by atoms with Gasteiger partial charge in [-0.25, -0.2) is 0 Å². The fourth-order valence-electron chi connectivity index (χ4n) is 1.97. The second-order valence-corrected chi connectivity index (χ2v) is 3.67. The van der Waals surface area contributed by atoms with Crippen LogP contribution in [0.1, 0.15) is 20.3 Å². The van der Waals surface area contributed by atoms with E-state index in [1.54, 1.807) is 0 Å². The molecule has 2 atom stereocenters. The van der Waals surface area contributed by atoms with Gasteiger partial charge in [-0.15, -0.1) is 0 Å². The van der Waals surface area contributed by atoms with Crippen LogP contribution in [0.15, 0.2) is 0 Å². The average molecular weight is 127 g/mol. The molecule has 1 radical (unpaired) electrons. The lowest BCUT2D eigenvalue weighted by Crippen LogP contribution is -2.40. The minimum Gasteiger partial charge on any atom is -0.172 e. The van der Waals surface area contributed by atoms with Gasteiger partial charge in [-0.1, -0.05) is 13.8 Å². The normalized spacial score (nSPS) is 39.0. The third-order valence-electron chi connectivity index (χ3n) is 2.05. The standard InChI is InChI=1S/C8H17N/c1-7-4-8(2)6-9(3)5-7/h7-8H,4-6H2,1-3H3/q+1. The van der Waals surface area contributed by atoms with Crippen molar-refractivity contribution in [3.63, 3.8) is 0 Å². The Bertz CT molecular complexity index is 65.5. The van der Waals surface area contributed by atoms with Crippen molar-refractivity contribution in [3.8, 4) is 0 Å². The van der Waals surface area contributed by atoms with E-state index in [-0.39, 0.29) is 0 Å². The highest BCUT2D eigenvalue weighted by Gasteiger charge is 2.25. The number of hydrogen-bond donors (Lipinski definition) is 0. The van der Waals surface area contributed by atoms with E-state index in [9.17, 15) is 0 Å². The van der Waals surface area contributed by atoms with E-state index in [1.165, 1.54) is 19.5 Å². The molecule has 1 nitrogen and oxygen atoms in total. The molecule has 1 saturated heterocycles. The van der Waals surface area contributed by atoms with Gasteiger partial charge in [0.2, 0.25) is 0 Å². The molecule has 1 heteroatoms. The molecule has 1 heterocycles. The van der Waals surface area contributed by atoms with Crippen molar-refractivity contribution >= 4 is 0 Å². The summed E-state index contributed by atoms with van der Waals surface area (Å²) >= 11 is 0. The van der Waals surface area contributed by atoms with Gasteiger partial charge >= 0.3 is 0 Å². The summed E-state index contributed by atoms with van der Waals surface area (Å²) in [6, 6.07) is 0. The second kappa shape index (κ2) is 2.70. The zero-order valence-corrected chi connectivity index (χ0v) is 6.72. The molecular weight excluding hydrogens is 110 g/mol. The Balaban J connectivity index is 2.34. The summed E-state index contributed by atoms with van der Waals surface area (Å²) in [5.74, 6) is 1.83. The molecule has 1 fully saturated rings. The van der Waals surface area contributed by atoms with Crippen molar-refractivity contribution in [2.24, 2.45) is 11.8 Å². The fourth-order valence-corrected chi connectivity index (χ4v) is 1.97. The Kier molecular flexibility index (Phi) is 2.12. The van der Waals surface area contributed by atoms with Gasteiger partial charge in [-0.3, -0.25) is 0 Å². The van der Waals surface area contributed by atoms with Crippen molar-refractivity contribution in [2.45, 2.75) is 20.3 Å². The Hall–Kier alpha value is -0.0400. The summed E-state index contributed by atoms with van der Waals surface area (Å²) in [4.78, 5) is 2.43. The lowest BCUT2D eigenvalue weighted by molar-refractivity contribution is 0.247. The SMILES string of the molecule is CC1CC(C)C[N+](C)C1. The first-order chi connectivity index (χ1) is 4.18. The van der Waals surface area contributed by atoms with Crippen LogP contribution in [0, 0.1) is 11.8 Å². The number of likely N-dealkylation sites (tertiary alicyclic amines) is 1. The van der Waals surface area contributed by atoms with Crippen LogP contribution >= 0.6 is 0 Å². The monoisotopic (exact) mass is 127 g/mol. The first kappa shape index (κ1) is 7.07. The molecule has 0 aromatic carbocycles. The van der Waals surface area contributed by atoms with Crippen molar-refractivity contribution < 1.29 is 0 Å². The summed E-state index contributed by atoms with van der Waals surface area (Å²) in [5.41, 5.74) is 0. The van der Waals surface area contributed by atoms with E-state index in [0.29, 0.717) is 0 Å². The number of piperidine rings is 1. The van der Waals surface area contributed by atoms with Crippen molar-refractivity contribution in [3.05, 3.63) is 0 Å². The minimum atomic E-state index is 0.916. The second-order valence-electron chi connectivity index (χ2n) is 3.67. The summed E-state index contributed by atoms with van der Waals surface area (Å²) < 4.78 is 0. The predicted molar refractivity (Wildman–Crippen MR) is 40.7 cm³/mol. The van der Waals surface area contributed by atoms with E-state index in [2.05, 4.69) is 25.8 Å². The number of rotatable bonds is 0. The van der Waals surface area contributed by atoms with Crippen LogP contribution in [-0.2, 0) is 0 Å². The molecule has 9 heavy (non-hydrogen) atoms. The average Bonchev–Trinajstić information content (AvgIpc) is 1.59. The molecule has 1 rings (SSSR count). The molecule has 0 bridgehead atoms. The molecule has 2 unspecified atom stereocenters. The highest BCUT2D eigenvalue weighted by Crippen LogP contribution is 2.17. The number of nitrogens with zero attached hydrogens (tertiary/aromatic N) is 1. The molecule has 0 spiro atoms. The van der Waals surface area contributed by atoms with Gasteiger partial charge in [0.15, 0.2) is 0 Å². The van der Waals surface area contributed by atoms with E-state index in [1.807, 2.05) is 0 Å². The Morgan fingerprint density at radius 3 is 1.89 bits per heavy atom. The van der Waals surface area contributed by atoms with Gasteiger partial charge in [0.1, 0.15) is 20.1 Å². The van der Waals surface area contributed by atoms with E-state index in [4.69, 9.17) is 0 Å². The zero-order valence-electron chi connectivity index (χ0n) is 6.72. The molecule has 0 aromatic rings. The maximum absolute atomic E-state index is 2.43. The molecule has 1 aliphatic heterocycles. The Morgan fingerprint density at radius 1 is 1.11 bits per heavy atom. The summed E-state index contributed by atoms with van der Waals surface area (Å²) in [7, 11) is 2.21. The maximum atomic E-state index is 2.43. The van der Waals surface area contributed by atoms with Crippen molar-refractivity contribution in [1.29, 1.82) is 0 Å². The summed E-state index contributed by atoms with van der Waals surface area (Å²) in [6.45, 7) is 7.27. The van der Waals surface area contributed by atoms with Crippen LogP contribution in [-0.4, -0.2) is 20.1 Å². The highest BCUT2D eigenvalue weighted by molar-refractivity contribution is 4.74. The van der Waals surface area contributed by atoms with Gasteiger partial charge in [0.05, 0.1) is 0 Å². The molecule has 0 saturated carbocycles. The van der Waals surface area contributed by atoms with E-state index in [0.717, 1.165) is 11.8 Å². The maximum Gasteiger partial charge on any atom is 0.125 e. The molecule has 0 amide bonds. The lowest BCUT2D eigenvalue weighted by Gasteiger charge is -2.23. The van der Waals surface area contributed by atoms with Crippen LogP contribution in [0.4, 0.5) is 0 Å². The molecule has 1 aliphatic rings. The van der Waals surface area contributed by atoms with Gasteiger partial charge < -0.3 is 0 Å². The first-order valence-corrected chi connectivity index (χ1v) is 3.87. The van der Waals surface area contributed by atoms with Crippen LogP contribution in [0.25, 0.3) is 0 Å². The van der Waals surface area contributed by atoms with Crippen LogP contribution in [0.2, 0.25) is 0 Å². The summed E-state index contributed by atoms with van der Waals surface area (Å²) in [6.07, 6.45) is 1.42. The van der Waals surface area contributed by atoms with Gasteiger partial charge in [-0.2, -0.15) is 4.90 Å². The van der Waals surface area contributed by atoms with Crippen LogP contribution in [0.5, 0.6) is 0 Å². The topological polar surface area (TPSA) is 5.90 Å². The Labute approximate surface area is 58.0 Å². The molecule has 0 N–H and O–H groups in total. The first-order valence-electron chi connectivity index (χ1n) is 3.87. The van der Waals surface area contributed by atoms with Crippen LogP contribution in [0.3, 0.4) is 0 Å². The Morgan fingerprint density at radius 2 is 1.56 bits per heavy atom. The van der Waals surface area contributed by atoms with E-state index >= 15 is 0 Å². The van der Waals surface area contributed by atoms with Gasteiger partial charge in [0, 0.05) is 11.8 Å². The highest BCUT2D eigenvalue weighted by atomic mass is 15.1. The molecule has 0 aliphatic carbocycles. The lowest BCUT2D eigenvalue weighted by atomic mass is 9.92. The van der Waals surface area contributed by atoms with Gasteiger partial charge in [0.25, 0.3) is 0 Å². The molecule has 0 aromatic heterocycles. The largest absolute Gasteiger partial charge is 0.172 e. The number of hydrogen-bond acceptors (Lipinski definition) is 1. The minimum absolute atomic E-state index is 0.916. The van der Waals surface area contributed by atoms with Gasteiger partial charge in [-0.05, 0) is 6.42 Å². The third-order valence-corrected chi connectivity index (χ3v) is 2.05. The van der Waals surface area contributed by atoms with Crippen molar-refractivity contribution in [2.75, 3.05) is 20.1 Å². The zero-order chi connectivity index (χ0) is 6.85. The smallest absolute Gasteiger partial charge is 0.125 e. The summed E-state index contributed by atoms with van der Waals surface area (Å²) in [5, 5.41) is 0. The van der Waals surface area contributed by atoms with E-state index < -0.39 is 0 Å². The third kappa shape index (κ3) is 1.98. The predicted octanol–water partition coefficient (Wildman–Crippen LogP) is 1.43. The molecular formula is C8H17N+. The van der Waals surface area contributed by atoms with Crippen molar-refractivity contribution in [1.82, 2.24) is 4.90 Å². The van der Waals surface area contributed by atoms with Crippen LogP contribution < -0.4 is 4.90 Å².